The first-order valence-electron chi connectivity index (χ1n) is 11.0. The van der Waals surface area contributed by atoms with E-state index in [0.717, 1.165) is 37.0 Å². The van der Waals surface area contributed by atoms with Crippen molar-refractivity contribution < 1.29 is 9.59 Å². The molecule has 2 aromatic carbocycles. The number of hydrogen-bond donors (Lipinski definition) is 1. The molecule has 1 unspecified atom stereocenters. The van der Waals surface area contributed by atoms with Crippen LogP contribution in [0.15, 0.2) is 54.6 Å². The molecule has 4 nitrogen and oxygen atoms in total. The molecule has 0 saturated heterocycles. The average Bonchev–Trinajstić information content (AvgIpc) is 2.79. The summed E-state index contributed by atoms with van der Waals surface area (Å²) >= 11 is 7.59. The Labute approximate surface area is 194 Å². The summed E-state index contributed by atoms with van der Waals surface area (Å²) in [6.45, 7) is 2.22. The molecule has 1 N–H and O–H groups in total. The van der Waals surface area contributed by atoms with Gasteiger partial charge in [-0.1, -0.05) is 73.3 Å². The van der Waals surface area contributed by atoms with Gasteiger partial charge in [-0.25, -0.2) is 0 Å². The summed E-state index contributed by atoms with van der Waals surface area (Å²) in [5.74, 6) is 1.01. The normalized spacial score (nSPS) is 15.3. The van der Waals surface area contributed by atoms with E-state index in [4.69, 9.17) is 11.6 Å². The third-order valence-corrected chi connectivity index (χ3v) is 6.96. The molecule has 2 amide bonds. The van der Waals surface area contributed by atoms with Crippen molar-refractivity contribution in [1.29, 1.82) is 0 Å². The molecule has 1 saturated carbocycles. The highest BCUT2D eigenvalue weighted by atomic mass is 35.5. The van der Waals surface area contributed by atoms with Gasteiger partial charge in [-0.05, 0) is 43.0 Å². The fourth-order valence-corrected chi connectivity index (χ4v) is 4.85. The Bertz CT molecular complexity index is 838. The third kappa shape index (κ3) is 7.58. The van der Waals surface area contributed by atoms with Gasteiger partial charge in [0.2, 0.25) is 11.8 Å². The Kier molecular flexibility index (Phi) is 9.29. The quantitative estimate of drug-likeness (QED) is 0.544. The number of thioether (sulfide) groups is 1. The summed E-state index contributed by atoms with van der Waals surface area (Å²) in [5.41, 5.74) is 2.15. The summed E-state index contributed by atoms with van der Waals surface area (Å²) < 4.78 is 0. The van der Waals surface area contributed by atoms with Crippen LogP contribution in [0, 0.1) is 0 Å². The second-order valence-corrected chi connectivity index (χ2v) is 9.57. The van der Waals surface area contributed by atoms with Crippen LogP contribution in [0.2, 0.25) is 5.02 Å². The number of rotatable bonds is 9. The lowest BCUT2D eigenvalue weighted by molar-refractivity contribution is -0.139. The van der Waals surface area contributed by atoms with Gasteiger partial charge in [0, 0.05) is 23.4 Å². The zero-order valence-electron chi connectivity index (χ0n) is 18.1. The number of nitrogens with zero attached hydrogens (tertiary/aromatic N) is 1. The molecular formula is C25H31ClN2O2S. The van der Waals surface area contributed by atoms with Crippen molar-refractivity contribution in [2.75, 3.05) is 5.75 Å². The molecule has 0 radical (unpaired) electrons. The third-order valence-electron chi connectivity index (χ3n) is 5.72. The Morgan fingerprint density at radius 3 is 2.39 bits per heavy atom. The van der Waals surface area contributed by atoms with Crippen LogP contribution in [0.4, 0.5) is 0 Å². The van der Waals surface area contributed by atoms with Gasteiger partial charge in [0.05, 0.1) is 5.75 Å². The minimum atomic E-state index is -0.526. The summed E-state index contributed by atoms with van der Waals surface area (Å²) in [6.07, 6.45) is 5.60. The summed E-state index contributed by atoms with van der Waals surface area (Å²) in [4.78, 5) is 27.8. The van der Waals surface area contributed by atoms with Crippen LogP contribution in [0.1, 0.15) is 50.2 Å². The zero-order chi connectivity index (χ0) is 22.1. The van der Waals surface area contributed by atoms with Crippen LogP contribution >= 0.6 is 23.4 Å². The Hall–Kier alpha value is -1.98. The van der Waals surface area contributed by atoms with Gasteiger partial charge >= 0.3 is 0 Å². The molecule has 166 valence electrons. The van der Waals surface area contributed by atoms with E-state index in [1.54, 1.807) is 16.7 Å². The van der Waals surface area contributed by atoms with Gasteiger partial charge in [0.25, 0.3) is 0 Å². The smallest absolute Gasteiger partial charge is 0.242 e. The first-order valence-corrected chi connectivity index (χ1v) is 12.5. The topological polar surface area (TPSA) is 49.4 Å². The lowest BCUT2D eigenvalue weighted by Gasteiger charge is -2.31. The highest BCUT2D eigenvalue weighted by Crippen LogP contribution is 2.20. The molecule has 1 atom stereocenters. The van der Waals surface area contributed by atoms with Crippen molar-refractivity contribution in [2.24, 2.45) is 0 Å². The Balaban J connectivity index is 1.64. The first kappa shape index (κ1) is 23.7. The lowest BCUT2D eigenvalue weighted by Crippen LogP contribution is -2.50. The predicted molar refractivity (Wildman–Crippen MR) is 129 cm³/mol. The van der Waals surface area contributed by atoms with Crippen LogP contribution in [0.25, 0.3) is 0 Å². The standard InChI is InChI=1S/C25H31ClN2O2S/c1-19(25(30)27-23-10-6-3-7-11-23)28(16-20-12-14-22(26)15-13-20)24(29)18-31-17-21-8-4-2-5-9-21/h2,4-5,8-9,12-15,19,23H,3,6-7,10-11,16-18H2,1H3,(H,27,30). The Morgan fingerprint density at radius 1 is 1.03 bits per heavy atom. The van der Waals surface area contributed by atoms with Crippen molar-refractivity contribution in [1.82, 2.24) is 10.2 Å². The van der Waals surface area contributed by atoms with Gasteiger partial charge < -0.3 is 10.2 Å². The molecule has 1 aliphatic carbocycles. The van der Waals surface area contributed by atoms with Crippen molar-refractivity contribution in [3.63, 3.8) is 0 Å². The molecule has 0 spiro atoms. The number of carbonyl (C=O) groups is 2. The largest absolute Gasteiger partial charge is 0.352 e. The van der Waals surface area contributed by atoms with E-state index in [0.29, 0.717) is 17.3 Å². The van der Waals surface area contributed by atoms with Gasteiger partial charge in [-0.15, -0.1) is 11.8 Å². The summed E-state index contributed by atoms with van der Waals surface area (Å²) in [6, 6.07) is 17.3. The van der Waals surface area contributed by atoms with E-state index in [9.17, 15) is 9.59 Å². The van der Waals surface area contributed by atoms with E-state index in [1.165, 1.54) is 12.0 Å². The number of nitrogens with one attached hydrogen (secondary N) is 1. The maximum absolute atomic E-state index is 13.1. The first-order chi connectivity index (χ1) is 15.0. The zero-order valence-corrected chi connectivity index (χ0v) is 19.6. The SMILES string of the molecule is CC(C(=O)NC1CCCCC1)N(Cc1ccc(Cl)cc1)C(=O)CSCc1ccccc1. The van der Waals surface area contributed by atoms with Crippen LogP contribution in [-0.4, -0.2) is 34.6 Å². The molecule has 6 heteroatoms. The van der Waals surface area contributed by atoms with Gasteiger partial charge in [0.1, 0.15) is 6.04 Å². The van der Waals surface area contributed by atoms with Crippen LogP contribution in [0.5, 0.6) is 0 Å². The van der Waals surface area contributed by atoms with E-state index < -0.39 is 6.04 Å². The second-order valence-electron chi connectivity index (χ2n) is 8.15. The maximum atomic E-state index is 13.1. The maximum Gasteiger partial charge on any atom is 0.242 e. The molecular weight excluding hydrogens is 428 g/mol. The van der Waals surface area contributed by atoms with E-state index >= 15 is 0 Å². The minimum absolute atomic E-state index is 0.0258. The molecule has 1 fully saturated rings. The number of hydrogen-bond acceptors (Lipinski definition) is 3. The molecule has 0 aliphatic heterocycles. The Morgan fingerprint density at radius 2 is 1.71 bits per heavy atom. The number of amides is 2. The molecule has 0 heterocycles. The van der Waals surface area contributed by atoms with Crippen LogP contribution in [-0.2, 0) is 21.9 Å². The average molecular weight is 459 g/mol. The van der Waals surface area contributed by atoms with E-state index in [1.807, 2.05) is 49.4 Å². The molecule has 31 heavy (non-hydrogen) atoms. The highest BCUT2D eigenvalue weighted by molar-refractivity contribution is 7.99. The minimum Gasteiger partial charge on any atom is -0.352 e. The molecule has 0 aromatic heterocycles. The fourth-order valence-electron chi connectivity index (χ4n) is 3.85. The highest BCUT2D eigenvalue weighted by Gasteiger charge is 2.28. The van der Waals surface area contributed by atoms with Crippen molar-refractivity contribution in [3.8, 4) is 0 Å². The summed E-state index contributed by atoms with van der Waals surface area (Å²) in [5, 5.41) is 3.83. The summed E-state index contributed by atoms with van der Waals surface area (Å²) in [7, 11) is 0. The van der Waals surface area contributed by atoms with Crippen molar-refractivity contribution in [3.05, 3.63) is 70.7 Å². The van der Waals surface area contributed by atoms with Gasteiger partial charge in [-0.2, -0.15) is 0 Å². The second kappa shape index (κ2) is 12.2. The number of carbonyl (C=O) groups excluding carboxylic acids is 2. The lowest BCUT2D eigenvalue weighted by atomic mass is 9.95. The molecule has 1 aliphatic rings. The van der Waals surface area contributed by atoms with Crippen molar-refractivity contribution in [2.45, 2.75) is 63.4 Å². The van der Waals surface area contributed by atoms with Crippen LogP contribution < -0.4 is 5.32 Å². The van der Waals surface area contributed by atoms with Crippen LogP contribution in [0.3, 0.4) is 0 Å². The molecule has 3 rings (SSSR count). The molecule has 2 aromatic rings. The van der Waals surface area contributed by atoms with E-state index in [-0.39, 0.29) is 17.9 Å². The number of benzene rings is 2. The van der Waals surface area contributed by atoms with E-state index in [2.05, 4.69) is 17.4 Å². The van der Waals surface area contributed by atoms with Gasteiger partial charge in [0.15, 0.2) is 0 Å². The number of halogens is 1. The fraction of sp³-hybridized carbons (Fsp3) is 0.440. The van der Waals surface area contributed by atoms with Crippen molar-refractivity contribution >= 4 is 35.2 Å². The molecule has 0 bridgehead atoms. The monoisotopic (exact) mass is 458 g/mol. The van der Waals surface area contributed by atoms with Gasteiger partial charge in [-0.3, -0.25) is 9.59 Å². The predicted octanol–water partition coefficient (Wildman–Crippen LogP) is 5.44.